The summed E-state index contributed by atoms with van der Waals surface area (Å²) in [7, 11) is 4.25. The Bertz CT molecular complexity index is 519. The quantitative estimate of drug-likeness (QED) is 0.739. The summed E-state index contributed by atoms with van der Waals surface area (Å²) in [6, 6.07) is 8.33. The maximum atomic E-state index is 5.82. The van der Waals surface area contributed by atoms with Crippen molar-refractivity contribution >= 4 is 0 Å². The Morgan fingerprint density at radius 1 is 1.28 bits per heavy atom. The molecule has 3 nitrogen and oxygen atoms in total. The van der Waals surface area contributed by atoms with Gasteiger partial charge in [-0.05, 0) is 32.3 Å². The molecular formula is C15H19N2O+. The minimum absolute atomic E-state index is 0.935. The number of nitrogens with zero attached hydrogens (tertiary/aromatic N) is 2. The van der Waals surface area contributed by atoms with Crippen molar-refractivity contribution in [2.24, 2.45) is 0 Å². The molecule has 0 aromatic heterocycles. The molecule has 2 aliphatic rings. The largest absolute Gasteiger partial charge is 0.458 e. The van der Waals surface area contributed by atoms with Crippen molar-refractivity contribution in [1.29, 1.82) is 0 Å². The highest BCUT2D eigenvalue weighted by Gasteiger charge is 2.37. The van der Waals surface area contributed by atoms with Crippen LogP contribution in [-0.2, 0) is 6.54 Å². The fourth-order valence-electron chi connectivity index (χ4n) is 2.88. The van der Waals surface area contributed by atoms with Gasteiger partial charge in [-0.3, -0.25) is 9.38 Å². The second-order valence-corrected chi connectivity index (χ2v) is 5.38. The lowest BCUT2D eigenvalue weighted by Crippen LogP contribution is -2.48. The van der Waals surface area contributed by atoms with E-state index in [0.717, 1.165) is 30.0 Å². The highest BCUT2D eigenvalue weighted by Crippen LogP contribution is 2.34. The second kappa shape index (κ2) is 4.26. The Morgan fingerprint density at radius 2 is 2.11 bits per heavy atom. The van der Waals surface area contributed by atoms with E-state index in [1.165, 1.54) is 11.3 Å². The summed E-state index contributed by atoms with van der Waals surface area (Å²) in [5.41, 5.74) is 2.55. The van der Waals surface area contributed by atoms with Gasteiger partial charge in [-0.15, -0.1) is 0 Å². The monoisotopic (exact) mass is 243 g/mol. The van der Waals surface area contributed by atoms with Crippen molar-refractivity contribution in [3.05, 3.63) is 53.9 Å². The predicted octanol–water partition coefficient (Wildman–Crippen LogP) is 2.33. The van der Waals surface area contributed by atoms with Crippen LogP contribution in [0.2, 0.25) is 0 Å². The van der Waals surface area contributed by atoms with Crippen molar-refractivity contribution in [3.8, 4) is 5.75 Å². The lowest BCUT2D eigenvalue weighted by molar-refractivity contribution is -0.902. The molecule has 18 heavy (non-hydrogen) atoms. The fourth-order valence-corrected chi connectivity index (χ4v) is 2.88. The molecule has 2 heterocycles. The van der Waals surface area contributed by atoms with E-state index in [1.807, 2.05) is 18.4 Å². The topological polar surface area (TPSA) is 12.5 Å². The van der Waals surface area contributed by atoms with Crippen LogP contribution in [0.1, 0.15) is 5.56 Å². The first kappa shape index (κ1) is 11.5. The average molecular weight is 243 g/mol. The first-order chi connectivity index (χ1) is 8.70. The molecule has 94 valence electrons. The number of quaternary nitrogens is 1. The minimum Gasteiger partial charge on any atom is -0.458 e. The number of ether oxygens (including phenoxy) is 1. The number of fused-ring (bicyclic) bond motifs is 2. The third kappa shape index (κ3) is 1.85. The smallest absolute Gasteiger partial charge is 0.169 e. The zero-order valence-corrected chi connectivity index (χ0v) is 11.0. The summed E-state index contributed by atoms with van der Waals surface area (Å²) in [6.45, 7) is 3.03. The lowest BCUT2D eigenvalue weighted by atomic mass is 10.1. The number of rotatable bonds is 2. The van der Waals surface area contributed by atoms with Gasteiger partial charge in [0.05, 0.1) is 0 Å². The van der Waals surface area contributed by atoms with Crippen LogP contribution >= 0.6 is 0 Å². The molecule has 1 atom stereocenters. The molecule has 0 saturated carbocycles. The maximum absolute atomic E-state index is 5.82. The van der Waals surface area contributed by atoms with Crippen LogP contribution in [-0.4, -0.2) is 36.7 Å². The van der Waals surface area contributed by atoms with Gasteiger partial charge in [0.2, 0.25) is 0 Å². The average Bonchev–Trinajstić information content (AvgIpc) is 2.63. The van der Waals surface area contributed by atoms with Gasteiger partial charge >= 0.3 is 0 Å². The molecule has 0 bridgehead atoms. The molecule has 1 aromatic rings. The Morgan fingerprint density at radius 3 is 2.94 bits per heavy atom. The van der Waals surface area contributed by atoms with Gasteiger partial charge in [-0.1, -0.05) is 12.1 Å². The van der Waals surface area contributed by atoms with E-state index in [-0.39, 0.29) is 0 Å². The molecule has 0 aliphatic carbocycles. The van der Waals surface area contributed by atoms with Crippen LogP contribution in [0.15, 0.2) is 48.4 Å². The Hall–Kier alpha value is -1.58. The molecule has 3 heteroatoms. The number of para-hydroxylation sites is 1. The van der Waals surface area contributed by atoms with Gasteiger partial charge in [0.25, 0.3) is 0 Å². The minimum atomic E-state index is 0.935. The first-order valence-corrected chi connectivity index (χ1v) is 6.32. The van der Waals surface area contributed by atoms with Crippen molar-refractivity contribution in [2.75, 3.05) is 27.3 Å². The van der Waals surface area contributed by atoms with Crippen molar-refractivity contribution in [2.45, 2.75) is 6.54 Å². The van der Waals surface area contributed by atoms with Crippen LogP contribution in [0, 0.1) is 0 Å². The molecule has 1 aromatic carbocycles. The molecule has 0 fully saturated rings. The van der Waals surface area contributed by atoms with Crippen LogP contribution in [0.25, 0.3) is 0 Å². The van der Waals surface area contributed by atoms with Gasteiger partial charge in [0.1, 0.15) is 25.5 Å². The van der Waals surface area contributed by atoms with E-state index in [4.69, 9.17) is 4.74 Å². The second-order valence-electron chi connectivity index (χ2n) is 5.38. The van der Waals surface area contributed by atoms with Crippen LogP contribution in [0.4, 0.5) is 0 Å². The Kier molecular flexibility index (Phi) is 2.73. The summed E-state index contributed by atoms with van der Waals surface area (Å²) in [5, 5.41) is 0. The van der Waals surface area contributed by atoms with E-state index >= 15 is 0 Å². The summed E-state index contributed by atoms with van der Waals surface area (Å²) in [5.74, 6) is 0.990. The molecule has 1 unspecified atom stereocenters. The van der Waals surface area contributed by atoms with E-state index in [2.05, 4.69) is 43.3 Å². The lowest BCUT2D eigenvalue weighted by Gasteiger charge is -2.36. The van der Waals surface area contributed by atoms with Gasteiger partial charge in [-0.25, -0.2) is 0 Å². The molecule has 0 radical (unpaired) electrons. The number of benzene rings is 1. The predicted molar refractivity (Wildman–Crippen MR) is 71.7 cm³/mol. The van der Waals surface area contributed by atoms with Gasteiger partial charge in [0, 0.05) is 11.6 Å². The van der Waals surface area contributed by atoms with Gasteiger partial charge < -0.3 is 4.74 Å². The van der Waals surface area contributed by atoms with Crippen LogP contribution in [0.3, 0.4) is 0 Å². The maximum Gasteiger partial charge on any atom is 0.169 e. The van der Waals surface area contributed by atoms with E-state index in [9.17, 15) is 0 Å². The van der Waals surface area contributed by atoms with Crippen LogP contribution < -0.4 is 4.74 Å². The molecule has 0 spiro atoms. The summed E-state index contributed by atoms with van der Waals surface area (Å²) >= 11 is 0. The van der Waals surface area contributed by atoms with E-state index in [0.29, 0.717) is 0 Å². The summed E-state index contributed by atoms with van der Waals surface area (Å²) < 4.78 is 6.76. The SMILES string of the molecule is CN(C)C[N+]12CC=CC1=COc1ccccc1C2. The number of allylic oxidation sites excluding steroid dienone is 1. The molecule has 0 saturated heterocycles. The Labute approximate surface area is 108 Å². The number of hydrogen-bond donors (Lipinski definition) is 0. The van der Waals surface area contributed by atoms with Crippen molar-refractivity contribution in [3.63, 3.8) is 0 Å². The molecular weight excluding hydrogens is 224 g/mol. The van der Waals surface area contributed by atoms with Crippen molar-refractivity contribution < 1.29 is 9.22 Å². The zero-order valence-electron chi connectivity index (χ0n) is 11.0. The standard InChI is InChI=1S/C15H19N2O/c1-16(2)12-17-9-5-7-14(17)11-18-15-8-4-3-6-13(15)10-17/h3-8,11H,9-10,12H2,1-2H3/q+1. The van der Waals surface area contributed by atoms with Crippen molar-refractivity contribution in [1.82, 2.24) is 4.90 Å². The molecule has 0 N–H and O–H groups in total. The fraction of sp³-hybridized carbons (Fsp3) is 0.333. The van der Waals surface area contributed by atoms with Gasteiger partial charge in [-0.2, -0.15) is 0 Å². The third-order valence-electron chi connectivity index (χ3n) is 3.60. The summed E-state index contributed by atoms with van der Waals surface area (Å²) in [6.07, 6.45) is 6.35. The zero-order chi connectivity index (χ0) is 12.6. The Balaban J connectivity index is 2.02. The third-order valence-corrected chi connectivity index (χ3v) is 3.60. The molecule has 3 rings (SSSR count). The normalized spacial score (nSPS) is 25.2. The number of hydrogen-bond acceptors (Lipinski definition) is 2. The van der Waals surface area contributed by atoms with E-state index in [1.54, 1.807) is 0 Å². The molecule has 0 amide bonds. The first-order valence-electron chi connectivity index (χ1n) is 6.32. The van der Waals surface area contributed by atoms with Crippen LogP contribution in [0.5, 0.6) is 5.75 Å². The summed E-state index contributed by atoms with van der Waals surface area (Å²) in [4.78, 5) is 2.24. The highest BCUT2D eigenvalue weighted by molar-refractivity contribution is 5.35. The van der Waals surface area contributed by atoms with Gasteiger partial charge in [0.15, 0.2) is 12.0 Å². The van der Waals surface area contributed by atoms with E-state index < -0.39 is 0 Å². The molecule has 2 aliphatic heterocycles. The highest BCUT2D eigenvalue weighted by atomic mass is 16.5.